The predicted octanol–water partition coefficient (Wildman–Crippen LogP) is 2.18. The van der Waals surface area contributed by atoms with Crippen LogP contribution in [0, 0.1) is 5.82 Å². The monoisotopic (exact) mass is 251 g/mol. The normalized spacial score (nSPS) is 19.6. The van der Waals surface area contributed by atoms with Crippen LogP contribution in [0.25, 0.3) is 6.08 Å². The zero-order valence-electron chi connectivity index (χ0n) is 9.97. The molecule has 5 heteroatoms. The van der Waals surface area contributed by atoms with Gasteiger partial charge in [0.15, 0.2) is 0 Å². The van der Waals surface area contributed by atoms with Crippen LogP contribution in [0.4, 0.5) is 14.9 Å². The number of rotatable bonds is 3. The largest absolute Gasteiger partial charge is 0.441 e. The maximum atomic E-state index is 13.7. The molecule has 2 rings (SSSR count). The third kappa shape index (κ3) is 2.36. The van der Waals surface area contributed by atoms with Crippen molar-refractivity contribution in [2.45, 2.75) is 13.0 Å². The lowest BCUT2D eigenvalue weighted by molar-refractivity contribution is 0.0963. The number of amides is 1. The van der Waals surface area contributed by atoms with Crippen molar-refractivity contribution in [3.05, 3.63) is 35.7 Å². The van der Waals surface area contributed by atoms with Gasteiger partial charge in [-0.3, -0.25) is 4.90 Å². The molecule has 4 nitrogen and oxygen atoms in total. The molecule has 0 saturated carbocycles. The summed E-state index contributed by atoms with van der Waals surface area (Å²) in [7, 11) is 0. The number of nitrogens with zero attached hydrogens (tertiary/aromatic N) is 1. The van der Waals surface area contributed by atoms with E-state index >= 15 is 0 Å². The van der Waals surface area contributed by atoms with Crippen LogP contribution >= 0.6 is 0 Å². The van der Waals surface area contributed by atoms with E-state index in [-0.39, 0.29) is 13.2 Å². The van der Waals surface area contributed by atoms with Gasteiger partial charge in [-0.1, -0.05) is 12.2 Å². The Morgan fingerprint density at radius 3 is 2.94 bits per heavy atom. The quantitative estimate of drug-likeness (QED) is 0.895. The van der Waals surface area contributed by atoms with Gasteiger partial charge in [-0.15, -0.1) is 0 Å². The molecule has 0 radical (unpaired) electrons. The van der Waals surface area contributed by atoms with Gasteiger partial charge < -0.3 is 9.84 Å². The van der Waals surface area contributed by atoms with Crippen molar-refractivity contribution >= 4 is 17.9 Å². The lowest BCUT2D eigenvalue weighted by Crippen LogP contribution is -2.25. The summed E-state index contributed by atoms with van der Waals surface area (Å²) in [4.78, 5) is 12.8. The molecule has 1 heterocycles. The van der Waals surface area contributed by atoms with Gasteiger partial charge in [0.25, 0.3) is 0 Å². The number of benzene rings is 1. The van der Waals surface area contributed by atoms with Gasteiger partial charge >= 0.3 is 6.09 Å². The van der Waals surface area contributed by atoms with E-state index in [2.05, 4.69) is 0 Å². The number of allylic oxidation sites excluding steroid dienone is 1. The molecule has 1 N–H and O–H groups in total. The molecule has 1 aliphatic heterocycles. The summed E-state index contributed by atoms with van der Waals surface area (Å²) < 4.78 is 18.6. The van der Waals surface area contributed by atoms with Gasteiger partial charge in [0.05, 0.1) is 18.8 Å². The highest BCUT2D eigenvalue weighted by Crippen LogP contribution is 2.24. The Morgan fingerprint density at radius 1 is 1.61 bits per heavy atom. The number of carbonyl (C=O) groups is 1. The first-order valence-corrected chi connectivity index (χ1v) is 5.67. The predicted molar refractivity (Wildman–Crippen MR) is 65.8 cm³/mol. The van der Waals surface area contributed by atoms with E-state index in [1.54, 1.807) is 31.2 Å². The number of anilines is 1. The minimum Gasteiger partial charge on any atom is -0.441 e. The zero-order valence-corrected chi connectivity index (χ0v) is 9.97. The maximum Gasteiger partial charge on any atom is 0.414 e. The average molecular weight is 251 g/mol. The summed E-state index contributed by atoms with van der Waals surface area (Å²) in [5, 5.41) is 8.93. The Hall–Kier alpha value is -1.88. The molecule has 1 amide bonds. The van der Waals surface area contributed by atoms with E-state index in [9.17, 15) is 9.18 Å². The van der Waals surface area contributed by atoms with Crippen LogP contribution in [-0.2, 0) is 4.74 Å². The van der Waals surface area contributed by atoms with Crippen LogP contribution in [0.5, 0.6) is 0 Å². The molecule has 0 aliphatic carbocycles. The molecule has 1 aromatic rings. The Kier molecular flexibility index (Phi) is 3.62. The number of ether oxygens (including phenoxy) is 1. The van der Waals surface area contributed by atoms with E-state index in [1.807, 2.05) is 0 Å². The van der Waals surface area contributed by atoms with Crippen LogP contribution < -0.4 is 4.90 Å². The first kappa shape index (κ1) is 12.6. The first-order valence-electron chi connectivity index (χ1n) is 5.67. The van der Waals surface area contributed by atoms with Crippen LogP contribution in [0.3, 0.4) is 0 Å². The molecule has 0 bridgehead atoms. The van der Waals surface area contributed by atoms with Crippen LogP contribution in [0.15, 0.2) is 24.3 Å². The van der Waals surface area contributed by atoms with Gasteiger partial charge in [-0.2, -0.15) is 0 Å². The van der Waals surface area contributed by atoms with E-state index < -0.39 is 18.0 Å². The zero-order chi connectivity index (χ0) is 13.1. The van der Waals surface area contributed by atoms with Gasteiger partial charge in [0.2, 0.25) is 0 Å². The topological polar surface area (TPSA) is 49.8 Å². The van der Waals surface area contributed by atoms with Gasteiger partial charge in [0.1, 0.15) is 11.9 Å². The van der Waals surface area contributed by atoms with E-state index in [4.69, 9.17) is 9.84 Å². The van der Waals surface area contributed by atoms with Crippen molar-refractivity contribution in [3.63, 3.8) is 0 Å². The summed E-state index contributed by atoms with van der Waals surface area (Å²) in [6.07, 6.45) is 2.28. The first-order chi connectivity index (χ1) is 8.65. The number of cyclic esters (lactones) is 1. The highest BCUT2D eigenvalue weighted by Gasteiger charge is 2.31. The van der Waals surface area contributed by atoms with Crippen molar-refractivity contribution in [3.8, 4) is 0 Å². The number of carbonyl (C=O) groups excluding carboxylic acids is 1. The fourth-order valence-corrected chi connectivity index (χ4v) is 1.83. The van der Waals surface area contributed by atoms with Gasteiger partial charge in [0, 0.05) is 5.56 Å². The number of hydrogen-bond donors (Lipinski definition) is 1. The standard InChI is InChI=1S/C13H14FNO3/c1-2-3-9-4-5-10(6-12(9)14)15-7-11(8-16)18-13(15)17/h2-6,11,16H,7-8H2,1H3/b3-2+/t11-/m1/s1. The highest BCUT2D eigenvalue weighted by atomic mass is 19.1. The Bertz CT molecular complexity index is 487. The molecule has 1 fully saturated rings. The summed E-state index contributed by atoms with van der Waals surface area (Å²) >= 11 is 0. The second-order valence-electron chi connectivity index (χ2n) is 4.00. The van der Waals surface area contributed by atoms with Crippen LogP contribution in [-0.4, -0.2) is 30.5 Å². The number of hydrogen-bond acceptors (Lipinski definition) is 3. The Balaban J connectivity index is 2.24. The fourth-order valence-electron chi connectivity index (χ4n) is 1.83. The molecule has 0 aromatic heterocycles. The molecule has 0 unspecified atom stereocenters. The maximum absolute atomic E-state index is 13.7. The van der Waals surface area contributed by atoms with E-state index in [0.29, 0.717) is 11.3 Å². The van der Waals surface area contributed by atoms with E-state index in [1.165, 1.54) is 11.0 Å². The number of aliphatic hydroxyl groups excluding tert-OH is 1. The molecule has 96 valence electrons. The Morgan fingerprint density at radius 2 is 2.39 bits per heavy atom. The smallest absolute Gasteiger partial charge is 0.414 e. The van der Waals surface area contributed by atoms with Crippen molar-refractivity contribution in [1.29, 1.82) is 0 Å². The molecular formula is C13H14FNO3. The molecule has 18 heavy (non-hydrogen) atoms. The Labute approximate surface area is 104 Å². The highest BCUT2D eigenvalue weighted by molar-refractivity contribution is 5.89. The minimum atomic E-state index is -0.563. The van der Waals surface area contributed by atoms with Crippen molar-refractivity contribution < 1.29 is 19.0 Å². The SMILES string of the molecule is C/C=C/c1ccc(N2C[C@H](CO)OC2=O)cc1F. The van der Waals surface area contributed by atoms with E-state index in [0.717, 1.165) is 0 Å². The minimum absolute atomic E-state index is 0.234. The lowest BCUT2D eigenvalue weighted by atomic mass is 10.1. The van der Waals surface area contributed by atoms with Crippen LogP contribution in [0.1, 0.15) is 12.5 Å². The third-order valence-corrected chi connectivity index (χ3v) is 2.72. The van der Waals surface area contributed by atoms with Gasteiger partial charge in [-0.25, -0.2) is 9.18 Å². The number of aliphatic hydroxyl groups is 1. The molecule has 1 aliphatic rings. The summed E-state index contributed by atoms with van der Waals surface area (Å²) in [6, 6.07) is 4.54. The molecule has 0 spiro atoms. The fraction of sp³-hybridized carbons (Fsp3) is 0.308. The lowest BCUT2D eigenvalue weighted by Gasteiger charge is -2.13. The average Bonchev–Trinajstić information content (AvgIpc) is 2.73. The molecule has 1 saturated heterocycles. The molecule has 1 aromatic carbocycles. The van der Waals surface area contributed by atoms with Crippen molar-refractivity contribution in [1.82, 2.24) is 0 Å². The summed E-state index contributed by atoms with van der Waals surface area (Å²) in [6.45, 7) is 1.80. The van der Waals surface area contributed by atoms with Gasteiger partial charge in [-0.05, 0) is 25.1 Å². The number of halogens is 1. The van der Waals surface area contributed by atoms with Crippen molar-refractivity contribution in [2.24, 2.45) is 0 Å². The third-order valence-electron chi connectivity index (χ3n) is 2.72. The van der Waals surface area contributed by atoms with Crippen LogP contribution in [0.2, 0.25) is 0 Å². The molecule has 1 atom stereocenters. The summed E-state index contributed by atoms with van der Waals surface area (Å²) in [5.41, 5.74) is 0.897. The van der Waals surface area contributed by atoms with Crippen molar-refractivity contribution in [2.75, 3.05) is 18.1 Å². The second-order valence-corrected chi connectivity index (χ2v) is 4.00. The molecular weight excluding hydrogens is 237 g/mol. The summed E-state index contributed by atoms with van der Waals surface area (Å²) in [5.74, 6) is -0.397. The second kappa shape index (κ2) is 5.18.